The summed E-state index contributed by atoms with van der Waals surface area (Å²) in [5.41, 5.74) is 9.89. The van der Waals surface area contributed by atoms with Crippen LogP contribution in [-0.2, 0) is 17.6 Å². The van der Waals surface area contributed by atoms with Crippen molar-refractivity contribution in [2.24, 2.45) is 0 Å². The van der Waals surface area contributed by atoms with Gasteiger partial charge in [0.2, 0.25) is 5.91 Å². The molecule has 0 fully saturated rings. The molecular weight excluding hydrogens is 359 g/mol. The fraction of sp³-hybridized carbons (Fsp3) is 0.316. The fourth-order valence-corrected chi connectivity index (χ4v) is 3.44. The number of nitrogens with two attached hydrogens (primary N) is 1. The monoisotopic (exact) mass is 380 g/mol. The summed E-state index contributed by atoms with van der Waals surface area (Å²) in [4.78, 5) is 14.5. The minimum absolute atomic E-state index is 0. The van der Waals surface area contributed by atoms with Crippen molar-refractivity contribution in [2.45, 2.75) is 25.7 Å². The molecule has 0 bridgehead atoms. The van der Waals surface area contributed by atoms with Crippen molar-refractivity contribution in [1.29, 1.82) is 0 Å². The number of rotatable bonds is 4. The first-order chi connectivity index (χ1) is 11.6. The molecule has 0 aromatic heterocycles. The Kier molecular flexibility index (Phi) is 6.57. The highest BCUT2D eigenvalue weighted by atomic mass is 35.5. The summed E-state index contributed by atoms with van der Waals surface area (Å²) < 4.78 is 5.15. The maximum atomic E-state index is 12.7. The molecule has 1 aliphatic heterocycles. The Balaban J connectivity index is 0.00000225. The van der Waals surface area contributed by atoms with Crippen LogP contribution in [-0.4, -0.2) is 19.6 Å². The van der Waals surface area contributed by atoms with Gasteiger partial charge in [0.15, 0.2) is 0 Å². The number of hydrogen-bond donors (Lipinski definition) is 1. The number of halogens is 2. The molecule has 3 rings (SSSR count). The molecule has 6 heteroatoms. The van der Waals surface area contributed by atoms with E-state index in [4.69, 9.17) is 22.1 Å². The summed E-state index contributed by atoms with van der Waals surface area (Å²) in [6, 6.07) is 11.4. The van der Waals surface area contributed by atoms with E-state index in [-0.39, 0.29) is 18.3 Å². The van der Waals surface area contributed by atoms with E-state index in [0.29, 0.717) is 23.6 Å². The van der Waals surface area contributed by atoms with E-state index in [0.717, 1.165) is 41.9 Å². The molecule has 0 saturated heterocycles. The highest BCUT2D eigenvalue weighted by molar-refractivity contribution is 6.32. The standard InChI is InChI=1S/C19H21ClN2O2.ClH/c1-24-18-9-7-13(12-15(18)20)8-10-19(23)22-11-3-4-14-16(21)5-2-6-17(14)22;/h2,5-7,9,12H,3-4,8,10-11,21H2,1H3;1H. The van der Waals surface area contributed by atoms with E-state index in [9.17, 15) is 4.79 Å². The Bertz CT molecular complexity index is 765. The first-order valence-electron chi connectivity index (χ1n) is 8.10. The highest BCUT2D eigenvalue weighted by Crippen LogP contribution is 2.32. The van der Waals surface area contributed by atoms with Crippen LogP contribution in [0.4, 0.5) is 11.4 Å². The zero-order valence-corrected chi connectivity index (χ0v) is 15.7. The number of aryl methyl sites for hydroxylation is 1. The lowest BCUT2D eigenvalue weighted by Gasteiger charge is -2.30. The van der Waals surface area contributed by atoms with Gasteiger partial charge in [0.25, 0.3) is 0 Å². The van der Waals surface area contributed by atoms with Gasteiger partial charge >= 0.3 is 0 Å². The van der Waals surface area contributed by atoms with Gasteiger partial charge in [-0.15, -0.1) is 12.4 Å². The molecule has 4 nitrogen and oxygen atoms in total. The second kappa shape index (κ2) is 8.45. The third-order valence-electron chi connectivity index (χ3n) is 4.43. The van der Waals surface area contributed by atoms with Crippen LogP contribution in [0.5, 0.6) is 5.75 Å². The lowest BCUT2D eigenvalue weighted by Crippen LogP contribution is -2.35. The molecule has 1 aliphatic rings. The van der Waals surface area contributed by atoms with Crippen LogP contribution < -0.4 is 15.4 Å². The summed E-state index contributed by atoms with van der Waals surface area (Å²) in [6.07, 6.45) is 2.97. The topological polar surface area (TPSA) is 55.6 Å². The van der Waals surface area contributed by atoms with Gasteiger partial charge in [0.1, 0.15) is 5.75 Å². The summed E-state index contributed by atoms with van der Waals surface area (Å²) in [7, 11) is 1.59. The molecule has 0 aliphatic carbocycles. The van der Waals surface area contributed by atoms with Crippen LogP contribution in [0.2, 0.25) is 5.02 Å². The summed E-state index contributed by atoms with van der Waals surface area (Å²) in [5, 5.41) is 0.568. The van der Waals surface area contributed by atoms with Crippen molar-refractivity contribution >= 4 is 41.3 Å². The molecule has 0 unspecified atom stereocenters. The first kappa shape index (κ1) is 19.4. The zero-order valence-electron chi connectivity index (χ0n) is 14.1. The van der Waals surface area contributed by atoms with Gasteiger partial charge in [-0.25, -0.2) is 0 Å². The van der Waals surface area contributed by atoms with Crippen LogP contribution in [0.25, 0.3) is 0 Å². The molecule has 0 saturated carbocycles. The number of hydrogen-bond acceptors (Lipinski definition) is 3. The molecule has 2 aromatic carbocycles. The van der Waals surface area contributed by atoms with Crippen LogP contribution >= 0.6 is 24.0 Å². The summed E-state index contributed by atoms with van der Waals surface area (Å²) >= 11 is 6.14. The fourth-order valence-electron chi connectivity index (χ4n) is 3.16. The average molecular weight is 381 g/mol. The maximum Gasteiger partial charge on any atom is 0.227 e. The molecule has 25 heavy (non-hydrogen) atoms. The summed E-state index contributed by atoms with van der Waals surface area (Å²) in [6.45, 7) is 0.749. The molecular formula is C19H22Cl2N2O2. The molecule has 1 heterocycles. The lowest BCUT2D eigenvalue weighted by atomic mass is 9.99. The first-order valence-corrected chi connectivity index (χ1v) is 8.48. The number of fused-ring (bicyclic) bond motifs is 1. The number of nitrogens with zero attached hydrogens (tertiary/aromatic N) is 1. The van der Waals surface area contributed by atoms with Crippen molar-refractivity contribution < 1.29 is 9.53 Å². The molecule has 2 N–H and O–H groups in total. The molecule has 0 atom stereocenters. The molecule has 0 spiro atoms. The second-order valence-corrected chi connectivity index (χ2v) is 6.37. The van der Waals surface area contributed by atoms with Gasteiger partial charge in [0, 0.05) is 24.3 Å². The van der Waals surface area contributed by atoms with E-state index in [2.05, 4.69) is 0 Å². The predicted molar refractivity (Wildman–Crippen MR) is 105 cm³/mol. The van der Waals surface area contributed by atoms with Crippen LogP contribution in [0.15, 0.2) is 36.4 Å². The third kappa shape index (κ3) is 4.20. The van der Waals surface area contributed by atoms with E-state index >= 15 is 0 Å². The van der Waals surface area contributed by atoms with Gasteiger partial charge < -0.3 is 15.4 Å². The van der Waals surface area contributed by atoms with Crippen molar-refractivity contribution in [2.75, 3.05) is 24.3 Å². The SMILES string of the molecule is COc1ccc(CCC(=O)N2CCCc3c(N)cccc32)cc1Cl.Cl. The Labute approximate surface area is 159 Å². The number of carbonyl (C=O) groups excluding carboxylic acids is 1. The number of carbonyl (C=O) groups is 1. The minimum Gasteiger partial charge on any atom is -0.495 e. The number of amides is 1. The van der Waals surface area contributed by atoms with Crippen LogP contribution in [0.3, 0.4) is 0 Å². The Morgan fingerprint density at radius 2 is 2.12 bits per heavy atom. The minimum atomic E-state index is 0. The number of ether oxygens (including phenoxy) is 1. The van der Waals surface area contributed by atoms with E-state index in [1.165, 1.54) is 0 Å². The van der Waals surface area contributed by atoms with Gasteiger partial charge in [0.05, 0.1) is 12.1 Å². The Morgan fingerprint density at radius 1 is 1.32 bits per heavy atom. The quantitative estimate of drug-likeness (QED) is 0.805. The number of methoxy groups -OCH3 is 1. The highest BCUT2D eigenvalue weighted by Gasteiger charge is 2.23. The molecule has 2 aromatic rings. The maximum absolute atomic E-state index is 12.7. The van der Waals surface area contributed by atoms with Crippen LogP contribution in [0, 0.1) is 0 Å². The van der Waals surface area contributed by atoms with Gasteiger partial charge in [-0.3, -0.25) is 4.79 Å². The Morgan fingerprint density at radius 3 is 2.84 bits per heavy atom. The molecule has 134 valence electrons. The largest absolute Gasteiger partial charge is 0.495 e. The molecule has 0 radical (unpaired) electrons. The average Bonchev–Trinajstić information content (AvgIpc) is 2.60. The van der Waals surface area contributed by atoms with Crippen molar-refractivity contribution in [3.8, 4) is 5.75 Å². The van der Waals surface area contributed by atoms with Crippen molar-refractivity contribution in [3.05, 3.63) is 52.5 Å². The summed E-state index contributed by atoms with van der Waals surface area (Å²) in [5.74, 6) is 0.765. The van der Waals surface area contributed by atoms with E-state index < -0.39 is 0 Å². The van der Waals surface area contributed by atoms with Crippen molar-refractivity contribution in [3.63, 3.8) is 0 Å². The van der Waals surface area contributed by atoms with E-state index in [1.807, 2.05) is 41.3 Å². The normalized spacial score (nSPS) is 13.0. The zero-order chi connectivity index (χ0) is 17.1. The van der Waals surface area contributed by atoms with Gasteiger partial charge in [-0.1, -0.05) is 23.7 Å². The van der Waals surface area contributed by atoms with Crippen molar-refractivity contribution in [1.82, 2.24) is 0 Å². The second-order valence-electron chi connectivity index (χ2n) is 5.96. The number of nitrogen functional groups attached to an aromatic ring is 1. The van der Waals surface area contributed by atoms with Gasteiger partial charge in [-0.05, 0) is 54.7 Å². The van der Waals surface area contributed by atoms with Gasteiger partial charge in [-0.2, -0.15) is 0 Å². The third-order valence-corrected chi connectivity index (χ3v) is 4.73. The number of benzene rings is 2. The Hall–Kier alpha value is -1.91. The number of anilines is 2. The predicted octanol–water partition coefficient (Wildman–Crippen LogP) is 4.26. The molecule has 1 amide bonds. The smallest absolute Gasteiger partial charge is 0.227 e. The van der Waals surface area contributed by atoms with E-state index in [1.54, 1.807) is 7.11 Å². The van der Waals surface area contributed by atoms with Crippen LogP contribution in [0.1, 0.15) is 24.0 Å². The lowest BCUT2D eigenvalue weighted by molar-refractivity contribution is -0.118.